The number of halogens is 1. The lowest BCUT2D eigenvalue weighted by molar-refractivity contribution is 0.0953. The van der Waals surface area contributed by atoms with Gasteiger partial charge < -0.3 is 9.73 Å². The number of alkyl halides is 1. The van der Waals surface area contributed by atoms with Gasteiger partial charge in [0.05, 0.1) is 11.8 Å². The number of hydrogen-bond acceptors (Lipinski definition) is 2. The third kappa shape index (κ3) is 2.70. The Balaban J connectivity index is 2.40. The van der Waals surface area contributed by atoms with Crippen molar-refractivity contribution in [1.29, 1.82) is 0 Å². The Kier molecular flexibility index (Phi) is 3.34. The molecule has 0 aliphatic heterocycles. The number of hydrogen-bond donors (Lipinski definition) is 1. The predicted molar refractivity (Wildman–Crippen MR) is 49.4 cm³/mol. The minimum absolute atomic E-state index is 0.102. The highest BCUT2D eigenvalue weighted by Crippen LogP contribution is 2.00. The monoisotopic (exact) mass is 231 g/mol. The molecular weight excluding hydrogens is 222 g/mol. The van der Waals surface area contributed by atoms with Crippen LogP contribution in [0.3, 0.4) is 0 Å². The van der Waals surface area contributed by atoms with E-state index in [1.165, 1.54) is 12.5 Å². The van der Waals surface area contributed by atoms with Crippen molar-refractivity contribution in [3.8, 4) is 0 Å². The van der Waals surface area contributed by atoms with E-state index in [-0.39, 0.29) is 10.7 Å². The highest BCUT2D eigenvalue weighted by Gasteiger charge is 2.06. The lowest BCUT2D eigenvalue weighted by Crippen LogP contribution is -2.27. The molecule has 1 amide bonds. The van der Waals surface area contributed by atoms with Crippen LogP contribution in [-0.4, -0.2) is 17.3 Å². The highest BCUT2D eigenvalue weighted by molar-refractivity contribution is 9.09. The normalized spacial score (nSPS) is 12.5. The van der Waals surface area contributed by atoms with Crippen LogP contribution in [0.1, 0.15) is 17.3 Å². The van der Waals surface area contributed by atoms with E-state index in [4.69, 9.17) is 4.42 Å². The molecule has 1 heterocycles. The summed E-state index contributed by atoms with van der Waals surface area (Å²) in [6, 6.07) is 1.63. The maximum Gasteiger partial charge on any atom is 0.254 e. The van der Waals surface area contributed by atoms with Crippen LogP contribution in [0.15, 0.2) is 23.0 Å². The summed E-state index contributed by atoms with van der Waals surface area (Å²) in [6.07, 6.45) is 2.90. The number of carbonyl (C=O) groups excluding carboxylic acids is 1. The molecule has 12 heavy (non-hydrogen) atoms. The molecule has 1 unspecified atom stereocenters. The molecule has 0 aliphatic carbocycles. The average molecular weight is 232 g/mol. The molecule has 0 saturated carbocycles. The molecule has 0 aliphatic rings. The summed E-state index contributed by atoms with van der Waals surface area (Å²) in [6.45, 7) is 2.58. The lowest BCUT2D eigenvalue weighted by Gasteiger charge is -2.03. The van der Waals surface area contributed by atoms with Crippen LogP contribution in [0.5, 0.6) is 0 Å². The van der Waals surface area contributed by atoms with Crippen LogP contribution < -0.4 is 5.32 Å². The van der Waals surface area contributed by atoms with Crippen LogP contribution in [0.25, 0.3) is 0 Å². The summed E-state index contributed by atoms with van der Waals surface area (Å²) in [4.78, 5) is 11.5. The largest absolute Gasteiger partial charge is 0.472 e. The predicted octanol–water partition coefficient (Wildman–Crippen LogP) is 1.79. The van der Waals surface area contributed by atoms with Crippen molar-refractivity contribution >= 4 is 21.8 Å². The number of nitrogens with one attached hydrogen (secondary N) is 1. The fourth-order valence-electron chi connectivity index (χ4n) is 0.729. The van der Waals surface area contributed by atoms with Crippen molar-refractivity contribution in [3.63, 3.8) is 0 Å². The Bertz CT molecular complexity index is 244. The molecule has 4 heteroatoms. The van der Waals surface area contributed by atoms with Gasteiger partial charge in [-0.05, 0) is 6.07 Å². The van der Waals surface area contributed by atoms with Gasteiger partial charge in [-0.2, -0.15) is 0 Å². The zero-order chi connectivity index (χ0) is 8.97. The van der Waals surface area contributed by atoms with E-state index < -0.39 is 0 Å². The molecule has 3 nitrogen and oxygen atoms in total. The fourth-order valence-corrected chi connectivity index (χ4v) is 0.891. The summed E-state index contributed by atoms with van der Waals surface area (Å²) < 4.78 is 4.77. The van der Waals surface area contributed by atoms with Gasteiger partial charge in [-0.1, -0.05) is 22.9 Å². The highest BCUT2D eigenvalue weighted by atomic mass is 79.9. The first-order chi connectivity index (χ1) is 5.70. The fraction of sp³-hybridized carbons (Fsp3) is 0.375. The number of furan rings is 1. The standard InChI is InChI=1S/C8H10BrNO2/c1-6(9)4-10-8(11)7-2-3-12-5-7/h2-3,5-6H,4H2,1H3,(H,10,11). The molecule has 0 fully saturated rings. The second kappa shape index (κ2) is 4.30. The van der Waals surface area contributed by atoms with Crippen molar-refractivity contribution in [2.75, 3.05) is 6.54 Å². The zero-order valence-electron chi connectivity index (χ0n) is 6.71. The molecule has 1 aromatic heterocycles. The Hall–Kier alpha value is -0.770. The van der Waals surface area contributed by atoms with Crippen LogP contribution in [0, 0.1) is 0 Å². The average Bonchev–Trinajstić information content (AvgIpc) is 2.51. The molecule has 0 aromatic carbocycles. The molecule has 1 atom stereocenters. The maximum absolute atomic E-state index is 11.2. The molecule has 0 spiro atoms. The SMILES string of the molecule is CC(Br)CNC(=O)c1ccoc1. The van der Waals surface area contributed by atoms with Gasteiger partial charge >= 0.3 is 0 Å². The Morgan fingerprint density at radius 3 is 3.08 bits per heavy atom. The Labute approximate surface area is 79.3 Å². The van der Waals surface area contributed by atoms with Crippen molar-refractivity contribution < 1.29 is 9.21 Å². The van der Waals surface area contributed by atoms with Gasteiger partial charge in [0.15, 0.2) is 0 Å². The minimum Gasteiger partial charge on any atom is -0.472 e. The third-order valence-corrected chi connectivity index (χ3v) is 1.65. The van der Waals surface area contributed by atoms with Gasteiger partial charge in [-0.25, -0.2) is 0 Å². The maximum atomic E-state index is 11.2. The van der Waals surface area contributed by atoms with E-state index in [0.29, 0.717) is 12.1 Å². The summed E-state index contributed by atoms with van der Waals surface area (Å²) in [5.41, 5.74) is 0.558. The summed E-state index contributed by atoms with van der Waals surface area (Å²) in [5, 5.41) is 2.74. The van der Waals surface area contributed by atoms with Gasteiger partial charge in [0, 0.05) is 11.4 Å². The smallest absolute Gasteiger partial charge is 0.254 e. The first kappa shape index (κ1) is 9.32. The molecule has 66 valence electrons. The molecule has 0 radical (unpaired) electrons. The number of amides is 1. The first-order valence-corrected chi connectivity index (χ1v) is 4.56. The second-order valence-electron chi connectivity index (χ2n) is 2.50. The van der Waals surface area contributed by atoms with Gasteiger partial charge in [0.2, 0.25) is 0 Å². The van der Waals surface area contributed by atoms with Crippen molar-refractivity contribution in [2.45, 2.75) is 11.8 Å². The van der Waals surface area contributed by atoms with Gasteiger partial charge in [0.25, 0.3) is 5.91 Å². The van der Waals surface area contributed by atoms with E-state index in [9.17, 15) is 4.79 Å². The molecule has 1 rings (SSSR count). The van der Waals surface area contributed by atoms with Crippen LogP contribution in [0.2, 0.25) is 0 Å². The van der Waals surface area contributed by atoms with Crippen LogP contribution in [-0.2, 0) is 0 Å². The van der Waals surface area contributed by atoms with E-state index >= 15 is 0 Å². The molecule has 1 aromatic rings. The van der Waals surface area contributed by atoms with Crippen molar-refractivity contribution in [3.05, 3.63) is 24.2 Å². The molecule has 0 bridgehead atoms. The van der Waals surface area contributed by atoms with Gasteiger partial charge in [0.1, 0.15) is 6.26 Å². The Morgan fingerprint density at radius 2 is 2.58 bits per heavy atom. The summed E-state index contributed by atoms with van der Waals surface area (Å²) >= 11 is 3.33. The van der Waals surface area contributed by atoms with Crippen LogP contribution >= 0.6 is 15.9 Å². The van der Waals surface area contributed by atoms with E-state index in [1.54, 1.807) is 6.07 Å². The van der Waals surface area contributed by atoms with Crippen molar-refractivity contribution in [1.82, 2.24) is 5.32 Å². The van der Waals surface area contributed by atoms with E-state index in [2.05, 4.69) is 21.2 Å². The minimum atomic E-state index is -0.102. The van der Waals surface area contributed by atoms with E-state index in [1.807, 2.05) is 6.92 Å². The quantitative estimate of drug-likeness (QED) is 0.807. The van der Waals surface area contributed by atoms with Gasteiger partial charge in [-0.15, -0.1) is 0 Å². The van der Waals surface area contributed by atoms with E-state index in [0.717, 1.165) is 0 Å². The lowest BCUT2D eigenvalue weighted by atomic mass is 10.3. The summed E-state index contributed by atoms with van der Waals surface area (Å²) in [5.74, 6) is -0.102. The second-order valence-corrected chi connectivity index (χ2v) is 4.07. The van der Waals surface area contributed by atoms with Gasteiger partial charge in [-0.3, -0.25) is 4.79 Å². The summed E-state index contributed by atoms with van der Waals surface area (Å²) in [7, 11) is 0. The zero-order valence-corrected chi connectivity index (χ0v) is 8.30. The molecule has 0 saturated heterocycles. The number of rotatable bonds is 3. The topological polar surface area (TPSA) is 42.2 Å². The number of carbonyl (C=O) groups is 1. The molecule has 1 N–H and O–H groups in total. The van der Waals surface area contributed by atoms with Crippen LogP contribution in [0.4, 0.5) is 0 Å². The Morgan fingerprint density at radius 1 is 1.83 bits per heavy atom. The van der Waals surface area contributed by atoms with Crippen molar-refractivity contribution in [2.24, 2.45) is 0 Å². The first-order valence-electron chi connectivity index (χ1n) is 3.64. The third-order valence-electron chi connectivity index (χ3n) is 1.33. The molecular formula is C8H10BrNO2.